The van der Waals surface area contributed by atoms with Crippen LogP contribution in [0.25, 0.3) is 0 Å². The molecule has 0 heterocycles. The third kappa shape index (κ3) is 2.05. The maximum atomic E-state index is 10.6. The van der Waals surface area contributed by atoms with E-state index >= 15 is 0 Å². The zero-order chi connectivity index (χ0) is 8.15. The lowest BCUT2D eigenvalue weighted by Crippen LogP contribution is -2.23. The maximum absolute atomic E-state index is 10.6. The summed E-state index contributed by atoms with van der Waals surface area (Å²) in [6.07, 6.45) is 0. The van der Waals surface area contributed by atoms with Crippen molar-refractivity contribution in [1.29, 1.82) is 0 Å². The molecule has 58 valence electrons. The van der Waals surface area contributed by atoms with Crippen molar-refractivity contribution in [1.82, 2.24) is 0 Å². The maximum Gasteiger partial charge on any atom is 0.319 e. The molecule has 0 saturated heterocycles. The average Bonchev–Trinajstić information content (AvgIpc) is 2.00. The van der Waals surface area contributed by atoms with Crippen LogP contribution in [0.5, 0.6) is 0 Å². The molecule has 0 aromatic carbocycles. The van der Waals surface area contributed by atoms with Gasteiger partial charge in [-0.1, -0.05) is 0 Å². The predicted octanol–water partition coefficient (Wildman–Crippen LogP) is -0.0315. The number of esters is 2. The van der Waals surface area contributed by atoms with Crippen LogP contribution in [0.15, 0.2) is 0 Å². The van der Waals surface area contributed by atoms with Gasteiger partial charge in [-0.2, -0.15) is 0 Å². The Balaban J connectivity index is 3.94. The van der Waals surface area contributed by atoms with Gasteiger partial charge in [0.25, 0.3) is 0 Å². The third-order valence-corrected chi connectivity index (χ3v) is 1.11. The van der Waals surface area contributed by atoms with E-state index in [1.165, 1.54) is 21.1 Å². The van der Waals surface area contributed by atoms with E-state index in [4.69, 9.17) is 0 Å². The van der Waals surface area contributed by atoms with Crippen molar-refractivity contribution in [2.45, 2.75) is 6.92 Å². The Bertz CT molecular complexity index is 125. The zero-order valence-corrected chi connectivity index (χ0v) is 6.21. The summed E-state index contributed by atoms with van der Waals surface area (Å²) in [6, 6.07) is 0. The molecule has 0 aromatic rings. The fraction of sp³-hybridized carbons (Fsp3) is 0.667. The van der Waals surface area contributed by atoms with Gasteiger partial charge in [-0.05, 0) is 6.92 Å². The quantitative estimate of drug-likeness (QED) is 0.405. The highest BCUT2D eigenvalue weighted by atomic mass is 16.5. The van der Waals surface area contributed by atoms with E-state index in [0.717, 1.165) is 0 Å². The first-order chi connectivity index (χ1) is 4.63. The molecular formula is C6H10O4. The highest BCUT2D eigenvalue weighted by Crippen LogP contribution is 1.98. The molecule has 0 spiro atoms. The van der Waals surface area contributed by atoms with Crippen molar-refractivity contribution in [3.05, 3.63) is 0 Å². The van der Waals surface area contributed by atoms with E-state index in [1.807, 2.05) is 0 Å². The fourth-order valence-corrected chi connectivity index (χ4v) is 0.450. The van der Waals surface area contributed by atoms with Gasteiger partial charge in [-0.15, -0.1) is 0 Å². The molecule has 0 aliphatic heterocycles. The largest absolute Gasteiger partial charge is 0.468 e. The number of methoxy groups -OCH3 is 2. The van der Waals surface area contributed by atoms with Gasteiger partial charge in [0.1, 0.15) is 0 Å². The molecule has 0 saturated carbocycles. The summed E-state index contributed by atoms with van der Waals surface area (Å²) in [4.78, 5) is 21.2. The molecule has 4 heteroatoms. The second-order valence-corrected chi connectivity index (χ2v) is 1.77. The molecule has 0 rings (SSSR count). The van der Waals surface area contributed by atoms with Crippen LogP contribution < -0.4 is 0 Å². The van der Waals surface area contributed by atoms with Gasteiger partial charge >= 0.3 is 11.9 Å². The lowest BCUT2D eigenvalue weighted by atomic mass is 10.2. The fourth-order valence-electron chi connectivity index (χ4n) is 0.450. The molecule has 0 fully saturated rings. The Labute approximate surface area is 59.1 Å². The number of ether oxygens (including phenoxy) is 2. The van der Waals surface area contributed by atoms with E-state index in [9.17, 15) is 9.59 Å². The van der Waals surface area contributed by atoms with Gasteiger partial charge in [0.15, 0.2) is 5.92 Å². The zero-order valence-electron chi connectivity index (χ0n) is 6.21. The van der Waals surface area contributed by atoms with Crippen LogP contribution in [-0.2, 0) is 19.1 Å². The van der Waals surface area contributed by atoms with Gasteiger partial charge in [0.05, 0.1) is 14.2 Å². The van der Waals surface area contributed by atoms with Crippen LogP contribution in [0.2, 0.25) is 0 Å². The van der Waals surface area contributed by atoms with E-state index in [-0.39, 0.29) is 0 Å². The summed E-state index contributed by atoms with van der Waals surface area (Å²) in [5.74, 6) is -1.98. The van der Waals surface area contributed by atoms with Crippen molar-refractivity contribution in [2.75, 3.05) is 14.2 Å². The second-order valence-electron chi connectivity index (χ2n) is 1.77. The summed E-state index contributed by atoms with van der Waals surface area (Å²) in [7, 11) is 2.45. The lowest BCUT2D eigenvalue weighted by molar-refractivity contribution is -0.157. The van der Waals surface area contributed by atoms with Crippen molar-refractivity contribution in [2.24, 2.45) is 5.92 Å². The summed E-state index contributed by atoms with van der Waals surface area (Å²) in [5.41, 5.74) is 0. The number of hydrogen-bond donors (Lipinski definition) is 0. The van der Waals surface area contributed by atoms with Gasteiger partial charge in [-0.25, -0.2) is 0 Å². The molecule has 4 nitrogen and oxygen atoms in total. The van der Waals surface area contributed by atoms with E-state index in [2.05, 4.69) is 9.47 Å². The number of hydrogen-bond acceptors (Lipinski definition) is 4. The Morgan fingerprint density at radius 1 is 1.10 bits per heavy atom. The standard InChI is InChI=1S/C6H10O4/c1-4(5(7)9-2)6(8)10-3/h4H,1-3H3. The van der Waals surface area contributed by atoms with Gasteiger partial charge < -0.3 is 9.47 Å². The molecule has 0 aliphatic carbocycles. The van der Waals surface area contributed by atoms with E-state index in [0.29, 0.717) is 0 Å². The number of carbonyl (C=O) groups excluding carboxylic acids is 2. The number of carbonyl (C=O) groups is 2. The monoisotopic (exact) mass is 146 g/mol. The normalized spacial score (nSPS) is 9.20. The summed E-state index contributed by atoms with van der Waals surface area (Å²) >= 11 is 0. The van der Waals surface area contributed by atoms with Crippen LogP contribution in [0.3, 0.4) is 0 Å². The minimum absolute atomic E-state index is 0.577. The first-order valence-electron chi connectivity index (χ1n) is 2.79. The smallest absolute Gasteiger partial charge is 0.319 e. The van der Waals surface area contributed by atoms with E-state index in [1.54, 1.807) is 0 Å². The molecule has 0 atom stereocenters. The lowest BCUT2D eigenvalue weighted by Gasteiger charge is -2.04. The summed E-state index contributed by atoms with van der Waals surface area (Å²) in [6.45, 7) is 1.43. The van der Waals surface area contributed by atoms with Crippen molar-refractivity contribution in [3.63, 3.8) is 0 Å². The number of rotatable bonds is 2. The van der Waals surface area contributed by atoms with Gasteiger partial charge in [0, 0.05) is 0 Å². The summed E-state index contributed by atoms with van der Waals surface area (Å²) in [5, 5.41) is 0. The van der Waals surface area contributed by atoms with Crippen LogP contribution in [0.4, 0.5) is 0 Å². The molecule has 0 bridgehead atoms. The molecule has 0 N–H and O–H groups in total. The molecule has 0 aromatic heterocycles. The third-order valence-electron chi connectivity index (χ3n) is 1.11. The first kappa shape index (κ1) is 8.94. The van der Waals surface area contributed by atoms with E-state index < -0.39 is 17.9 Å². The Morgan fingerprint density at radius 2 is 1.40 bits per heavy atom. The predicted molar refractivity (Wildman–Crippen MR) is 33.2 cm³/mol. The topological polar surface area (TPSA) is 52.6 Å². The Kier molecular flexibility index (Phi) is 3.46. The van der Waals surface area contributed by atoms with Crippen LogP contribution >= 0.6 is 0 Å². The Morgan fingerprint density at radius 3 is 1.60 bits per heavy atom. The second kappa shape index (κ2) is 3.87. The molecule has 0 aliphatic rings. The average molecular weight is 146 g/mol. The molecule has 0 radical (unpaired) electrons. The molecule has 10 heavy (non-hydrogen) atoms. The van der Waals surface area contributed by atoms with Crippen molar-refractivity contribution >= 4 is 11.9 Å². The highest BCUT2D eigenvalue weighted by Gasteiger charge is 2.22. The van der Waals surface area contributed by atoms with Crippen LogP contribution in [0, 0.1) is 5.92 Å². The SMILES string of the molecule is COC(=O)C(C)C(=O)OC. The minimum Gasteiger partial charge on any atom is -0.468 e. The highest BCUT2D eigenvalue weighted by molar-refractivity contribution is 5.94. The molecule has 0 unspecified atom stereocenters. The van der Waals surface area contributed by atoms with Crippen molar-refractivity contribution < 1.29 is 19.1 Å². The summed E-state index contributed by atoms with van der Waals surface area (Å²) < 4.78 is 8.59. The first-order valence-corrected chi connectivity index (χ1v) is 2.79. The van der Waals surface area contributed by atoms with Crippen molar-refractivity contribution in [3.8, 4) is 0 Å². The minimum atomic E-state index is -0.824. The van der Waals surface area contributed by atoms with Gasteiger partial charge in [0.2, 0.25) is 0 Å². The van der Waals surface area contributed by atoms with Gasteiger partial charge in [-0.3, -0.25) is 9.59 Å². The molecule has 0 amide bonds. The van der Waals surface area contributed by atoms with Crippen LogP contribution in [0.1, 0.15) is 6.92 Å². The Hall–Kier alpha value is -1.06. The van der Waals surface area contributed by atoms with Crippen LogP contribution in [-0.4, -0.2) is 26.2 Å². The molecular weight excluding hydrogens is 136 g/mol.